The summed E-state index contributed by atoms with van der Waals surface area (Å²) in [6.07, 6.45) is -2.05. The van der Waals surface area contributed by atoms with Crippen LogP contribution < -0.4 is 0 Å². The standard InChI is InChI=1S/C16H19ClN2O6/c1-16(2,3)25-15(21)18-12(13(9-17)24-14(18)20)8-10-4-6-11(7-5-10)19(22)23/h4-7,12-13H,8-9H2,1-3H3/t12-,13-/m0/s1. The topological polar surface area (TPSA) is 99.0 Å². The molecular weight excluding hydrogens is 352 g/mol. The Kier molecular flexibility index (Phi) is 5.52. The highest BCUT2D eigenvalue weighted by atomic mass is 35.5. The lowest BCUT2D eigenvalue weighted by molar-refractivity contribution is -0.384. The molecule has 25 heavy (non-hydrogen) atoms. The average Bonchev–Trinajstić information content (AvgIpc) is 2.81. The minimum Gasteiger partial charge on any atom is -0.443 e. The second-order valence-electron chi connectivity index (χ2n) is 6.62. The summed E-state index contributed by atoms with van der Waals surface area (Å²) in [5, 5.41) is 10.7. The number of cyclic esters (lactones) is 1. The molecule has 0 radical (unpaired) electrons. The molecule has 1 aliphatic heterocycles. The van der Waals surface area contributed by atoms with Crippen molar-refractivity contribution in [2.45, 2.75) is 44.9 Å². The van der Waals surface area contributed by atoms with Crippen molar-refractivity contribution in [1.29, 1.82) is 0 Å². The van der Waals surface area contributed by atoms with Gasteiger partial charge in [0.2, 0.25) is 0 Å². The number of halogens is 1. The number of carbonyl (C=O) groups excluding carboxylic acids is 2. The number of rotatable bonds is 4. The summed E-state index contributed by atoms with van der Waals surface area (Å²) in [6, 6.07) is 5.21. The summed E-state index contributed by atoms with van der Waals surface area (Å²) >= 11 is 5.86. The van der Waals surface area contributed by atoms with E-state index in [0.29, 0.717) is 5.56 Å². The molecule has 1 aliphatic rings. The van der Waals surface area contributed by atoms with Crippen LogP contribution in [0.3, 0.4) is 0 Å². The fraction of sp³-hybridized carbons (Fsp3) is 0.500. The lowest BCUT2D eigenvalue weighted by Crippen LogP contribution is -2.45. The lowest BCUT2D eigenvalue weighted by atomic mass is 10.0. The molecule has 9 heteroatoms. The molecule has 0 bridgehead atoms. The molecule has 0 saturated carbocycles. The predicted molar refractivity (Wildman–Crippen MR) is 89.7 cm³/mol. The van der Waals surface area contributed by atoms with E-state index in [4.69, 9.17) is 21.1 Å². The van der Waals surface area contributed by atoms with Gasteiger partial charge in [0.1, 0.15) is 11.7 Å². The molecule has 0 spiro atoms. The third-order valence-corrected chi connectivity index (χ3v) is 3.85. The zero-order chi connectivity index (χ0) is 18.8. The van der Waals surface area contributed by atoms with Gasteiger partial charge in [0, 0.05) is 12.1 Å². The molecule has 0 N–H and O–H groups in total. The number of hydrogen-bond acceptors (Lipinski definition) is 6. The van der Waals surface area contributed by atoms with Crippen LogP contribution in [0.15, 0.2) is 24.3 Å². The summed E-state index contributed by atoms with van der Waals surface area (Å²) in [4.78, 5) is 35.6. The van der Waals surface area contributed by atoms with Crippen LogP contribution in [0.5, 0.6) is 0 Å². The SMILES string of the molecule is CC(C)(C)OC(=O)N1C(=O)O[C@@H](CCl)[C@@H]1Cc1ccc([N+](=O)[O-])cc1. The van der Waals surface area contributed by atoms with Crippen molar-refractivity contribution in [3.8, 4) is 0 Å². The van der Waals surface area contributed by atoms with Crippen LogP contribution in [0, 0.1) is 10.1 Å². The number of non-ortho nitro benzene ring substituents is 1. The van der Waals surface area contributed by atoms with E-state index in [1.165, 1.54) is 12.1 Å². The van der Waals surface area contributed by atoms with Crippen LogP contribution in [-0.4, -0.2) is 45.6 Å². The maximum atomic E-state index is 12.3. The Bertz CT molecular complexity index is 670. The number of alkyl halides is 1. The van der Waals surface area contributed by atoms with Gasteiger partial charge in [-0.05, 0) is 32.8 Å². The highest BCUT2D eigenvalue weighted by molar-refractivity contribution is 6.18. The number of benzene rings is 1. The summed E-state index contributed by atoms with van der Waals surface area (Å²) in [7, 11) is 0. The van der Waals surface area contributed by atoms with Crippen LogP contribution in [0.2, 0.25) is 0 Å². The molecule has 1 fully saturated rings. The van der Waals surface area contributed by atoms with Crippen molar-refractivity contribution >= 4 is 29.5 Å². The van der Waals surface area contributed by atoms with E-state index in [1.807, 2.05) is 0 Å². The van der Waals surface area contributed by atoms with Gasteiger partial charge in [0.05, 0.1) is 16.8 Å². The Hall–Kier alpha value is -2.35. The summed E-state index contributed by atoms with van der Waals surface area (Å²) in [5.41, 5.74) is -0.105. The summed E-state index contributed by atoms with van der Waals surface area (Å²) < 4.78 is 10.4. The van der Waals surface area contributed by atoms with E-state index in [2.05, 4.69) is 0 Å². The zero-order valence-corrected chi connectivity index (χ0v) is 14.9. The molecule has 1 heterocycles. The van der Waals surface area contributed by atoms with Crippen molar-refractivity contribution in [3.05, 3.63) is 39.9 Å². The van der Waals surface area contributed by atoms with E-state index in [0.717, 1.165) is 4.90 Å². The Morgan fingerprint density at radius 1 is 1.36 bits per heavy atom. The molecule has 2 amide bonds. The van der Waals surface area contributed by atoms with Gasteiger partial charge < -0.3 is 9.47 Å². The first-order valence-electron chi connectivity index (χ1n) is 7.64. The molecule has 8 nitrogen and oxygen atoms in total. The van der Waals surface area contributed by atoms with Crippen molar-refractivity contribution in [2.75, 3.05) is 5.88 Å². The van der Waals surface area contributed by atoms with Gasteiger partial charge in [-0.15, -0.1) is 11.6 Å². The fourth-order valence-electron chi connectivity index (χ4n) is 2.44. The third-order valence-electron chi connectivity index (χ3n) is 3.54. The lowest BCUT2D eigenvalue weighted by Gasteiger charge is -2.26. The fourth-order valence-corrected chi connectivity index (χ4v) is 2.71. The highest BCUT2D eigenvalue weighted by Gasteiger charge is 2.46. The van der Waals surface area contributed by atoms with E-state index in [-0.39, 0.29) is 18.0 Å². The highest BCUT2D eigenvalue weighted by Crippen LogP contribution is 2.27. The molecule has 0 aliphatic carbocycles. The van der Waals surface area contributed by atoms with E-state index in [1.54, 1.807) is 32.9 Å². The minimum absolute atomic E-state index is 0.0166. The predicted octanol–water partition coefficient (Wildman–Crippen LogP) is 3.50. The van der Waals surface area contributed by atoms with Crippen molar-refractivity contribution in [2.24, 2.45) is 0 Å². The van der Waals surface area contributed by atoms with Gasteiger partial charge in [0.15, 0.2) is 0 Å². The van der Waals surface area contributed by atoms with E-state index >= 15 is 0 Å². The molecule has 1 aromatic carbocycles. The first-order chi connectivity index (χ1) is 11.6. The molecule has 2 rings (SSSR count). The number of nitrogens with zero attached hydrogens (tertiary/aromatic N) is 2. The summed E-state index contributed by atoms with van der Waals surface area (Å²) in [6.45, 7) is 5.07. The van der Waals surface area contributed by atoms with Crippen LogP contribution >= 0.6 is 11.6 Å². The normalized spacial score (nSPS) is 20.3. The Labute approximate surface area is 149 Å². The third kappa shape index (κ3) is 4.60. The van der Waals surface area contributed by atoms with Gasteiger partial charge >= 0.3 is 12.2 Å². The number of nitro groups is 1. The quantitative estimate of drug-likeness (QED) is 0.457. The number of nitro benzene ring substituents is 1. The Balaban J connectivity index is 2.22. The zero-order valence-electron chi connectivity index (χ0n) is 14.1. The molecule has 2 atom stereocenters. The maximum Gasteiger partial charge on any atom is 0.420 e. The number of amides is 2. The number of imide groups is 1. The average molecular weight is 371 g/mol. The Morgan fingerprint density at radius 3 is 2.44 bits per heavy atom. The minimum atomic E-state index is -0.813. The van der Waals surface area contributed by atoms with Gasteiger partial charge in [0.25, 0.3) is 5.69 Å². The van der Waals surface area contributed by atoms with Crippen LogP contribution in [0.1, 0.15) is 26.3 Å². The van der Waals surface area contributed by atoms with Crippen molar-refractivity contribution in [1.82, 2.24) is 4.90 Å². The van der Waals surface area contributed by atoms with Crippen LogP contribution in [-0.2, 0) is 15.9 Å². The van der Waals surface area contributed by atoms with Crippen molar-refractivity contribution in [3.63, 3.8) is 0 Å². The first kappa shape index (κ1) is 19.0. The molecule has 136 valence electrons. The summed E-state index contributed by atoms with van der Waals surface area (Å²) in [5.74, 6) is 0.0166. The first-order valence-corrected chi connectivity index (χ1v) is 8.18. The second kappa shape index (κ2) is 7.26. The Morgan fingerprint density at radius 2 is 1.96 bits per heavy atom. The number of carbonyl (C=O) groups is 2. The molecule has 1 aromatic rings. The van der Waals surface area contributed by atoms with Gasteiger partial charge in [-0.3, -0.25) is 10.1 Å². The van der Waals surface area contributed by atoms with Crippen LogP contribution in [0.4, 0.5) is 15.3 Å². The molecule has 1 saturated heterocycles. The maximum absolute atomic E-state index is 12.3. The largest absolute Gasteiger partial charge is 0.443 e. The monoisotopic (exact) mass is 370 g/mol. The van der Waals surface area contributed by atoms with Gasteiger partial charge in [-0.2, -0.15) is 0 Å². The molecule has 0 aromatic heterocycles. The van der Waals surface area contributed by atoms with Gasteiger partial charge in [-0.25, -0.2) is 14.5 Å². The number of hydrogen-bond donors (Lipinski definition) is 0. The smallest absolute Gasteiger partial charge is 0.420 e. The molecular formula is C16H19ClN2O6. The van der Waals surface area contributed by atoms with Crippen LogP contribution in [0.25, 0.3) is 0 Å². The van der Waals surface area contributed by atoms with E-state index < -0.39 is 34.9 Å². The number of ether oxygens (including phenoxy) is 2. The van der Waals surface area contributed by atoms with E-state index in [9.17, 15) is 19.7 Å². The molecule has 0 unspecified atom stereocenters. The second-order valence-corrected chi connectivity index (χ2v) is 6.93. The van der Waals surface area contributed by atoms with Gasteiger partial charge in [-0.1, -0.05) is 12.1 Å². The van der Waals surface area contributed by atoms with Crippen molar-refractivity contribution < 1.29 is 24.0 Å².